The number of hydrogen-bond acceptors (Lipinski definition) is 4. The Bertz CT molecular complexity index is 1000. The summed E-state index contributed by atoms with van der Waals surface area (Å²) in [5.41, 5.74) is 2.42. The lowest BCUT2D eigenvalue weighted by molar-refractivity contribution is 0.103. The van der Waals surface area contributed by atoms with Crippen molar-refractivity contribution in [1.29, 1.82) is 0 Å². The minimum atomic E-state index is -0.197. The lowest BCUT2D eigenvalue weighted by atomic mass is 10.1. The number of fused-ring (bicyclic) bond motifs is 1. The number of carbonyl (C=O) groups excluding carboxylic acids is 1. The van der Waals surface area contributed by atoms with Gasteiger partial charge in [0.2, 0.25) is 0 Å². The number of benzene rings is 1. The monoisotopic (exact) mass is 369 g/mol. The molecule has 3 aromatic rings. The highest BCUT2D eigenvalue weighted by Crippen LogP contribution is 2.28. The second kappa shape index (κ2) is 7.83. The van der Waals surface area contributed by atoms with E-state index in [1.807, 2.05) is 38.1 Å². The van der Waals surface area contributed by atoms with E-state index in [0.717, 1.165) is 30.5 Å². The molecule has 26 heavy (non-hydrogen) atoms. The Morgan fingerprint density at radius 1 is 1.23 bits per heavy atom. The molecule has 2 aromatic heterocycles. The van der Waals surface area contributed by atoms with Crippen LogP contribution in [-0.2, 0) is 6.54 Å². The predicted octanol–water partition coefficient (Wildman–Crippen LogP) is 4.52. The van der Waals surface area contributed by atoms with Crippen molar-refractivity contribution >= 4 is 33.1 Å². The number of anilines is 1. The third-order valence-electron chi connectivity index (χ3n) is 4.52. The van der Waals surface area contributed by atoms with Crippen molar-refractivity contribution in [3.63, 3.8) is 0 Å². The van der Waals surface area contributed by atoms with Crippen LogP contribution in [0.5, 0.6) is 0 Å². The average Bonchev–Trinajstić information content (AvgIpc) is 2.96. The summed E-state index contributed by atoms with van der Waals surface area (Å²) in [6.45, 7) is 6.57. The van der Waals surface area contributed by atoms with Gasteiger partial charge in [-0.05, 0) is 37.5 Å². The number of hydrogen-bond donors (Lipinski definition) is 1. The lowest BCUT2D eigenvalue weighted by Gasteiger charge is -2.07. The lowest BCUT2D eigenvalue weighted by Crippen LogP contribution is -2.20. The molecule has 0 unspecified atom stereocenters. The number of nitrogens with one attached hydrogen (secondary N) is 1. The molecule has 0 spiro atoms. The van der Waals surface area contributed by atoms with Crippen molar-refractivity contribution in [2.75, 3.05) is 5.32 Å². The molecule has 1 N–H and O–H groups in total. The topological polar surface area (TPSA) is 64.0 Å². The fraction of sp³-hybridized carbons (Fsp3) is 0.350. The molecule has 0 aliphatic heterocycles. The summed E-state index contributed by atoms with van der Waals surface area (Å²) in [6, 6.07) is 7.64. The molecule has 2 heterocycles. The van der Waals surface area contributed by atoms with E-state index >= 15 is 0 Å². The second-order valence-electron chi connectivity index (χ2n) is 6.46. The van der Waals surface area contributed by atoms with Crippen LogP contribution in [0.4, 0.5) is 5.69 Å². The molecule has 0 atom stereocenters. The molecule has 6 heteroatoms. The first kappa shape index (κ1) is 18.3. The molecule has 136 valence electrons. The van der Waals surface area contributed by atoms with E-state index in [0.29, 0.717) is 27.2 Å². The molecule has 0 saturated carbocycles. The highest BCUT2D eigenvalue weighted by molar-refractivity contribution is 7.20. The molecule has 0 aliphatic carbocycles. The molecule has 5 nitrogen and oxygen atoms in total. The third kappa shape index (κ3) is 3.55. The summed E-state index contributed by atoms with van der Waals surface area (Å²) < 4.78 is 1.65. The molecule has 0 fully saturated rings. The third-order valence-corrected chi connectivity index (χ3v) is 5.72. The van der Waals surface area contributed by atoms with E-state index in [2.05, 4.69) is 17.2 Å². The largest absolute Gasteiger partial charge is 0.321 e. The van der Waals surface area contributed by atoms with Crippen LogP contribution in [0, 0.1) is 13.8 Å². The average molecular weight is 369 g/mol. The Hall–Kier alpha value is -2.47. The summed E-state index contributed by atoms with van der Waals surface area (Å²) in [6.07, 6.45) is 4.73. The molecule has 0 bridgehead atoms. The summed E-state index contributed by atoms with van der Waals surface area (Å²) in [4.78, 5) is 31.1. The highest BCUT2D eigenvalue weighted by Gasteiger charge is 2.19. The van der Waals surface area contributed by atoms with Crippen molar-refractivity contribution < 1.29 is 4.79 Å². The van der Waals surface area contributed by atoms with Gasteiger partial charge in [0.1, 0.15) is 4.83 Å². The maximum atomic E-state index is 12.8. The zero-order valence-electron chi connectivity index (χ0n) is 15.3. The van der Waals surface area contributed by atoms with Crippen LogP contribution in [0.1, 0.15) is 47.0 Å². The summed E-state index contributed by atoms with van der Waals surface area (Å²) in [5.74, 6) is -0.197. The van der Waals surface area contributed by atoms with E-state index in [1.54, 1.807) is 10.9 Å². The standard InChI is InChI=1S/C20H23N3O2S/c1-4-5-8-11-23-12-21-19-16(20(23)25)14(3)17(26-19)18(24)22-15-10-7-6-9-13(15)2/h6-7,9-10,12H,4-5,8,11H2,1-3H3,(H,22,24). The van der Waals surface area contributed by atoms with Crippen LogP contribution in [-0.4, -0.2) is 15.5 Å². The molecule has 1 amide bonds. The van der Waals surface area contributed by atoms with E-state index < -0.39 is 0 Å². The molecule has 0 radical (unpaired) electrons. The van der Waals surface area contributed by atoms with Gasteiger partial charge in [-0.2, -0.15) is 0 Å². The van der Waals surface area contributed by atoms with Crippen molar-refractivity contribution in [2.24, 2.45) is 0 Å². The first-order valence-electron chi connectivity index (χ1n) is 8.88. The smallest absolute Gasteiger partial charge is 0.266 e. The number of unbranched alkanes of at least 4 members (excludes halogenated alkanes) is 2. The second-order valence-corrected chi connectivity index (χ2v) is 7.45. The predicted molar refractivity (Wildman–Crippen MR) is 107 cm³/mol. The number of carbonyl (C=O) groups is 1. The number of nitrogens with zero attached hydrogens (tertiary/aromatic N) is 2. The molecule has 1 aromatic carbocycles. The summed E-state index contributed by atoms with van der Waals surface area (Å²) in [5, 5.41) is 3.50. The van der Waals surface area contributed by atoms with Gasteiger partial charge in [0.05, 0.1) is 16.6 Å². The van der Waals surface area contributed by atoms with Gasteiger partial charge >= 0.3 is 0 Å². The van der Waals surface area contributed by atoms with Gasteiger partial charge in [-0.1, -0.05) is 38.0 Å². The van der Waals surface area contributed by atoms with Gasteiger partial charge in [-0.25, -0.2) is 4.98 Å². The number of aromatic nitrogens is 2. The Morgan fingerprint density at radius 3 is 2.73 bits per heavy atom. The van der Waals surface area contributed by atoms with E-state index in [9.17, 15) is 9.59 Å². The van der Waals surface area contributed by atoms with Crippen LogP contribution in [0.25, 0.3) is 10.2 Å². The Balaban J connectivity index is 1.94. The first-order valence-corrected chi connectivity index (χ1v) is 9.70. The number of thiophene rings is 1. The maximum Gasteiger partial charge on any atom is 0.266 e. The number of para-hydroxylation sites is 1. The van der Waals surface area contributed by atoms with Crippen molar-refractivity contribution in [3.05, 3.63) is 57.0 Å². The Kier molecular flexibility index (Phi) is 5.52. The zero-order chi connectivity index (χ0) is 18.7. The summed E-state index contributed by atoms with van der Waals surface area (Å²) >= 11 is 1.27. The Labute approximate surface area is 156 Å². The Morgan fingerprint density at radius 2 is 2.00 bits per heavy atom. The first-order chi connectivity index (χ1) is 12.5. The van der Waals surface area contributed by atoms with Gasteiger partial charge in [-0.15, -0.1) is 11.3 Å². The zero-order valence-corrected chi connectivity index (χ0v) is 16.2. The van der Waals surface area contributed by atoms with E-state index in [-0.39, 0.29) is 11.5 Å². The molecule has 0 saturated heterocycles. The normalized spacial score (nSPS) is 11.0. The minimum absolute atomic E-state index is 0.0604. The van der Waals surface area contributed by atoms with Crippen molar-refractivity contribution in [1.82, 2.24) is 9.55 Å². The summed E-state index contributed by atoms with van der Waals surface area (Å²) in [7, 11) is 0. The van der Waals surface area contributed by atoms with Crippen molar-refractivity contribution in [2.45, 2.75) is 46.6 Å². The van der Waals surface area contributed by atoms with Gasteiger partial charge in [0.15, 0.2) is 0 Å². The molecule has 0 aliphatic rings. The number of aryl methyl sites for hydroxylation is 3. The van der Waals surface area contributed by atoms with Crippen LogP contribution >= 0.6 is 11.3 Å². The van der Waals surface area contributed by atoms with Crippen LogP contribution in [0.2, 0.25) is 0 Å². The van der Waals surface area contributed by atoms with Gasteiger partial charge in [0.25, 0.3) is 11.5 Å². The fourth-order valence-corrected chi connectivity index (χ4v) is 3.99. The van der Waals surface area contributed by atoms with Gasteiger partial charge in [0, 0.05) is 12.2 Å². The van der Waals surface area contributed by atoms with E-state index in [4.69, 9.17) is 0 Å². The van der Waals surface area contributed by atoms with E-state index in [1.165, 1.54) is 11.3 Å². The van der Waals surface area contributed by atoms with Crippen LogP contribution in [0.3, 0.4) is 0 Å². The fourth-order valence-electron chi connectivity index (χ4n) is 2.96. The van der Waals surface area contributed by atoms with Crippen molar-refractivity contribution in [3.8, 4) is 0 Å². The molecular weight excluding hydrogens is 346 g/mol. The van der Waals surface area contributed by atoms with Gasteiger partial charge in [-0.3, -0.25) is 14.2 Å². The SMILES string of the molecule is CCCCCn1cnc2sc(C(=O)Nc3ccccc3C)c(C)c2c1=O. The quantitative estimate of drug-likeness (QED) is 0.650. The molecule has 3 rings (SSSR count). The maximum absolute atomic E-state index is 12.8. The number of amides is 1. The highest BCUT2D eigenvalue weighted by atomic mass is 32.1. The van der Waals surface area contributed by atoms with Gasteiger partial charge < -0.3 is 5.32 Å². The molecular formula is C20H23N3O2S. The van der Waals surface area contributed by atoms with Crippen LogP contribution < -0.4 is 10.9 Å². The number of rotatable bonds is 6. The van der Waals surface area contributed by atoms with Crippen LogP contribution in [0.15, 0.2) is 35.4 Å². The minimum Gasteiger partial charge on any atom is -0.321 e.